The van der Waals surface area contributed by atoms with Crippen LogP contribution in [0.3, 0.4) is 0 Å². The molecule has 0 saturated carbocycles. The Morgan fingerprint density at radius 1 is 1.23 bits per heavy atom. The van der Waals surface area contributed by atoms with E-state index in [9.17, 15) is 14.4 Å². The molecule has 0 spiro atoms. The number of thioether (sulfide) groups is 1. The average Bonchev–Trinajstić information content (AvgIpc) is 2.68. The molecule has 3 heterocycles. The van der Waals surface area contributed by atoms with Gasteiger partial charge in [-0.05, 0) is 12.5 Å². The van der Waals surface area contributed by atoms with Crippen LogP contribution in [-0.2, 0) is 4.79 Å². The lowest BCUT2D eigenvalue weighted by Crippen LogP contribution is -2.51. The fraction of sp³-hybridized carbons (Fsp3) is 0.467. The van der Waals surface area contributed by atoms with Crippen molar-refractivity contribution < 1.29 is 4.79 Å². The summed E-state index contributed by atoms with van der Waals surface area (Å²) in [4.78, 5) is 50.0. The molecule has 1 unspecified atom stereocenters. The first-order valence-corrected chi connectivity index (χ1v) is 9.13. The van der Waals surface area contributed by atoms with Crippen LogP contribution >= 0.6 is 11.8 Å². The molecular formula is C15H19N7O3S. The van der Waals surface area contributed by atoms with Crippen LogP contribution in [0.25, 0.3) is 0 Å². The van der Waals surface area contributed by atoms with Gasteiger partial charge in [0.2, 0.25) is 11.9 Å². The Kier molecular flexibility index (Phi) is 5.66. The lowest BCUT2D eigenvalue weighted by atomic mass is 10.2. The molecule has 3 rings (SSSR count). The van der Waals surface area contributed by atoms with Gasteiger partial charge in [0.15, 0.2) is 5.03 Å². The number of H-pyrrole nitrogens is 2. The van der Waals surface area contributed by atoms with Crippen LogP contribution < -0.4 is 16.1 Å². The third-order valence-electron chi connectivity index (χ3n) is 4.01. The molecule has 0 radical (unpaired) electrons. The zero-order valence-electron chi connectivity index (χ0n) is 14.2. The summed E-state index contributed by atoms with van der Waals surface area (Å²) in [5.74, 6) is 0.614. The Morgan fingerprint density at radius 3 is 2.54 bits per heavy atom. The van der Waals surface area contributed by atoms with Crippen LogP contribution in [0.15, 0.2) is 33.1 Å². The van der Waals surface area contributed by atoms with E-state index in [1.54, 1.807) is 23.4 Å². The van der Waals surface area contributed by atoms with E-state index in [0.717, 1.165) is 11.8 Å². The van der Waals surface area contributed by atoms with Crippen molar-refractivity contribution in [3.8, 4) is 0 Å². The smallest absolute Gasteiger partial charge is 0.338 e. The summed E-state index contributed by atoms with van der Waals surface area (Å²) in [5.41, 5.74) is -1.26. The van der Waals surface area contributed by atoms with Crippen LogP contribution in [-0.4, -0.2) is 67.4 Å². The van der Waals surface area contributed by atoms with Crippen molar-refractivity contribution in [3.05, 3.63) is 39.3 Å². The van der Waals surface area contributed by atoms with Gasteiger partial charge in [-0.25, -0.2) is 19.9 Å². The van der Waals surface area contributed by atoms with Crippen LogP contribution in [0.5, 0.6) is 0 Å². The Labute approximate surface area is 153 Å². The number of carbonyl (C=O) groups excluding carboxylic acids is 1. The van der Waals surface area contributed by atoms with Crippen molar-refractivity contribution in [2.75, 3.05) is 31.1 Å². The summed E-state index contributed by atoms with van der Waals surface area (Å²) in [6, 6.07) is 1.76. The molecule has 1 amide bonds. The highest BCUT2D eigenvalue weighted by Gasteiger charge is 2.28. The van der Waals surface area contributed by atoms with Gasteiger partial charge >= 0.3 is 5.69 Å². The first-order chi connectivity index (χ1) is 12.6. The number of nitrogens with zero attached hydrogens (tertiary/aromatic N) is 5. The van der Waals surface area contributed by atoms with Crippen LogP contribution in [0.4, 0.5) is 5.95 Å². The highest BCUT2D eigenvalue weighted by molar-refractivity contribution is 8.00. The first-order valence-electron chi connectivity index (χ1n) is 8.25. The molecule has 1 aliphatic rings. The van der Waals surface area contributed by atoms with Gasteiger partial charge in [-0.3, -0.25) is 14.6 Å². The predicted octanol–water partition coefficient (Wildman–Crippen LogP) is -0.532. The molecule has 26 heavy (non-hydrogen) atoms. The van der Waals surface area contributed by atoms with Crippen molar-refractivity contribution in [2.24, 2.45) is 0 Å². The molecule has 1 aliphatic heterocycles. The number of carbonyl (C=O) groups is 1. The second-order valence-corrected chi connectivity index (χ2v) is 6.88. The van der Waals surface area contributed by atoms with Crippen molar-refractivity contribution in [2.45, 2.75) is 23.6 Å². The predicted molar refractivity (Wildman–Crippen MR) is 96.2 cm³/mol. The molecule has 0 bridgehead atoms. The quantitative estimate of drug-likeness (QED) is 0.666. The zero-order valence-corrected chi connectivity index (χ0v) is 15.0. The van der Waals surface area contributed by atoms with Crippen LogP contribution in [0, 0.1) is 0 Å². The minimum atomic E-state index is -0.669. The number of nitrogens with one attached hydrogen (secondary N) is 2. The molecule has 2 aromatic rings. The number of aromatic nitrogens is 5. The van der Waals surface area contributed by atoms with E-state index < -0.39 is 16.5 Å². The summed E-state index contributed by atoms with van der Waals surface area (Å²) in [6.45, 7) is 4.29. The number of rotatable bonds is 5. The topological polar surface area (TPSA) is 128 Å². The number of amides is 1. The summed E-state index contributed by atoms with van der Waals surface area (Å²) in [6.07, 6.45) is 3.93. The van der Waals surface area contributed by atoms with Crippen molar-refractivity contribution in [1.82, 2.24) is 30.0 Å². The molecule has 0 aliphatic carbocycles. The second-order valence-electron chi connectivity index (χ2n) is 5.69. The van der Waals surface area contributed by atoms with E-state index in [-0.39, 0.29) is 10.9 Å². The van der Waals surface area contributed by atoms with Crippen molar-refractivity contribution in [3.63, 3.8) is 0 Å². The van der Waals surface area contributed by atoms with Crippen LogP contribution in [0.2, 0.25) is 0 Å². The third kappa shape index (κ3) is 4.10. The minimum absolute atomic E-state index is 0.0430. The van der Waals surface area contributed by atoms with Gasteiger partial charge in [0.05, 0.1) is 5.25 Å². The fourth-order valence-corrected chi connectivity index (χ4v) is 3.59. The Morgan fingerprint density at radius 2 is 1.92 bits per heavy atom. The highest BCUT2D eigenvalue weighted by Crippen LogP contribution is 2.23. The van der Waals surface area contributed by atoms with E-state index in [1.165, 1.54) is 0 Å². The van der Waals surface area contributed by atoms with E-state index >= 15 is 0 Å². The molecule has 1 fully saturated rings. The number of anilines is 1. The monoisotopic (exact) mass is 377 g/mol. The largest absolute Gasteiger partial charge is 0.342 e. The molecule has 2 aromatic heterocycles. The van der Waals surface area contributed by atoms with Gasteiger partial charge in [-0.15, -0.1) is 0 Å². The van der Waals surface area contributed by atoms with Crippen molar-refractivity contribution in [1.29, 1.82) is 0 Å². The molecule has 11 heteroatoms. The summed E-state index contributed by atoms with van der Waals surface area (Å²) >= 11 is 1.07. The Balaban J connectivity index is 1.62. The molecule has 1 atom stereocenters. The number of hydrogen-bond donors (Lipinski definition) is 2. The number of hydrogen-bond acceptors (Lipinski definition) is 8. The van der Waals surface area contributed by atoms with E-state index in [4.69, 9.17) is 0 Å². The normalized spacial score (nSPS) is 15.7. The molecule has 10 nitrogen and oxygen atoms in total. The first kappa shape index (κ1) is 18.1. The van der Waals surface area contributed by atoms with Crippen molar-refractivity contribution >= 4 is 23.6 Å². The molecule has 2 N–H and O–H groups in total. The number of aromatic amines is 2. The maximum absolute atomic E-state index is 12.8. The zero-order chi connectivity index (χ0) is 18.5. The van der Waals surface area contributed by atoms with Crippen LogP contribution in [0.1, 0.15) is 13.3 Å². The Bertz CT molecular complexity index is 861. The van der Waals surface area contributed by atoms with Gasteiger partial charge in [0.1, 0.15) is 0 Å². The molecule has 0 aromatic carbocycles. The summed E-state index contributed by atoms with van der Waals surface area (Å²) in [5, 5.41) is 5.56. The molecular weight excluding hydrogens is 358 g/mol. The lowest BCUT2D eigenvalue weighted by Gasteiger charge is -2.36. The standard InChI is InChI=1S/C15H19N7O3S/c1-2-10(26-12-11(23)18-15(25)20-19-12)13(24)21-6-8-22(9-7-21)14-16-4-3-5-17-14/h3-5,10H,2,6-9H2,1H3,(H2,18,20,23,25). The maximum Gasteiger partial charge on any atom is 0.342 e. The number of piperazine rings is 1. The lowest BCUT2D eigenvalue weighted by molar-refractivity contribution is -0.130. The fourth-order valence-electron chi connectivity index (χ4n) is 2.64. The second kappa shape index (κ2) is 8.13. The van der Waals surface area contributed by atoms with Gasteiger partial charge in [-0.2, -0.15) is 5.10 Å². The minimum Gasteiger partial charge on any atom is -0.338 e. The van der Waals surface area contributed by atoms with E-state index in [1.807, 2.05) is 11.8 Å². The molecule has 1 saturated heterocycles. The highest BCUT2D eigenvalue weighted by atomic mass is 32.2. The van der Waals surface area contributed by atoms with Gasteiger partial charge in [0.25, 0.3) is 5.56 Å². The third-order valence-corrected chi connectivity index (χ3v) is 5.33. The Hall–Kier alpha value is -2.69. The van der Waals surface area contributed by atoms with Gasteiger partial charge in [0, 0.05) is 38.6 Å². The summed E-state index contributed by atoms with van der Waals surface area (Å²) in [7, 11) is 0. The van der Waals surface area contributed by atoms with Gasteiger partial charge in [-0.1, -0.05) is 18.7 Å². The average molecular weight is 377 g/mol. The van der Waals surface area contributed by atoms with Gasteiger partial charge < -0.3 is 9.80 Å². The molecule has 138 valence electrons. The SMILES string of the molecule is CCC(Sc1n[nH]c(=O)[nH]c1=O)C(=O)N1CCN(c2ncccn2)CC1. The van der Waals surface area contributed by atoms with E-state index in [0.29, 0.717) is 38.5 Å². The summed E-state index contributed by atoms with van der Waals surface area (Å²) < 4.78 is 0. The maximum atomic E-state index is 12.8. The van der Waals surface area contributed by atoms with E-state index in [2.05, 4.69) is 25.1 Å².